The van der Waals surface area contributed by atoms with E-state index >= 15 is 0 Å². The Labute approximate surface area is 146 Å². The van der Waals surface area contributed by atoms with Crippen LogP contribution in [0.5, 0.6) is 0 Å². The van der Waals surface area contributed by atoms with E-state index in [1.54, 1.807) is 21.7 Å². The topological polar surface area (TPSA) is 71.2 Å². The Kier molecular flexibility index (Phi) is 4.60. The zero-order chi connectivity index (χ0) is 17.4. The van der Waals surface area contributed by atoms with Gasteiger partial charge in [-0.15, -0.1) is 0 Å². The van der Waals surface area contributed by atoms with E-state index in [2.05, 4.69) is 10.1 Å². The molecule has 2 unspecified atom stereocenters. The summed E-state index contributed by atoms with van der Waals surface area (Å²) in [6, 6.07) is 5.35. The summed E-state index contributed by atoms with van der Waals surface area (Å²) in [7, 11) is 0. The van der Waals surface area contributed by atoms with Gasteiger partial charge in [0.2, 0.25) is 0 Å². The summed E-state index contributed by atoms with van der Waals surface area (Å²) < 4.78 is 1.69. The molecule has 6 nitrogen and oxygen atoms in total. The van der Waals surface area contributed by atoms with E-state index in [-0.39, 0.29) is 17.5 Å². The number of aryl methyl sites for hydroxylation is 2. The van der Waals surface area contributed by atoms with E-state index in [4.69, 9.17) is 11.6 Å². The van der Waals surface area contributed by atoms with Crippen LogP contribution >= 0.6 is 11.6 Å². The predicted molar refractivity (Wildman–Crippen MR) is 91.5 cm³/mol. The van der Waals surface area contributed by atoms with Crippen molar-refractivity contribution in [3.8, 4) is 5.82 Å². The molecule has 0 aliphatic carbocycles. The first-order valence-corrected chi connectivity index (χ1v) is 8.42. The number of carbonyl (C=O) groups is 1. The molecule has 1 saturated heterocycles. The molecule has 0 radical (unpaired) electrons. The quantitative estimate of drug-likeness (QED) is 0.904. The minimum atomic E-state index is -0.513. The largest absolute Gasteiger partial charge is 0.391 e. The average Bonchev–Trinajstić information content (AvgIpc) is 2.88. The lowest BCUT2D eigenvalue weighted by Gasteiger charge is -2.34. The Morgan fingerprint density at radius 3 is 2.75 bits per heavy atom. The van der Waals surface area contributed by atoms with Gasteiger partial charge in [-0.2, -0.15) is 5.10 Å². The fourth-order valence-electron chi connectivity index (χ4n) is 2.94. The molecule has 0 aromatic carbocycles. The third kappa shape index (κ3) is 3.16. The molecule has 2 aromatic heterocycles. The summed E-state index contributed by atoms with van der Waals surface area (Å²) in [5.41, 5.74) is 2.01. The number of β-amino-alcohol motifs (C(OH)–C–C–N with tert-alkyl or cyclic N) is 1. The first kappa shape index (κ1) is 16.9. The van der Waals surface area contributed by atoms with Crippen molar-refractivity contribution in [2.24, 2.45) is 5.92 Å². The predicted octanol–water partition coefficient (Wildman–Crippen LogP) is 2.38. The molecule has 1 aliphatic rings. The summed E-state index contributed by atoms with van der Waals surface area (Å²) in [6.45, 7) is 6.73. The van der Waals surface area contributed by atoms with Crippen LogP contribution in [0.4, 0.5) is 0 Å². The maximum Gasteiger partial charge on any atom is 0.274 e. The van der Waals surface area contributed by atoms with Crippen molar-refractivity contribution in [3.63, 3.8) is 0 Å². The van der Waals surface area contributed by atoms with Gasteiger partial charge in [-0.1, -0.05) is 18.5 Å². The van der Waals surface area contributed by atoms with E-state index in [1.165, 1.54) is 0 Å². The molecule has 1 N–H and O–H groups in total. The van der Waals surface area contributed by atoms with Gasteiger partial charge < -0.3 is 10.0 Å². The van der Waals surface area contributed by atoms with Crippen LogP contribution in [0.2, 0.25) is 5.02 Å². The number of aliphatic hydroxyl groups is 1. The summed E-state index contributed by atoms with van der Waals surface area (Å²) in [4.78, 5) is 18.8. The zero-order valence-corrected chi connectivity index (χ0v) is 14.8. The normalized spacial score (nSPS) is 21.1. The number of nitrogens with zero attached hydrogens (tertiary/aromatic N) is 4. The standard InChI is InChI=1S/C17H21ClN4O2/c1-10-6-7-21(9-14(10)23)17(24)16-13(18)4-5-15(19-16)22-12(3)8-11(2)20-22/h4-5,8,10,14,23H,6-7,9H2,1-3H3. The van der Waals surface area contributed by atoms with Crippen molar-refractivity contribution >= 4 is 17.5 Å². The van der Waals surface area contributed by atoms with Crippen LogP contribution in [0.3, 0.4) is 0 Å². The Morgan fingerprint density at radius 1 is 1.38 bits per heavy atom. The van der Waals surface area contributed by atoms with Crippen LogP contribution in [-0.2, 0) is 0 Å². The highest BCUT2D eigenvalue weighted by atomic mass is 35.5. The Morgan fingerprint density at radius 2 is 2.12 bits per heavy atom. The summed E-state index contributed by atoms with van der Waals surface area (Å²) in [5, 5.41) is 14.7. The molecule has 7 heteroatoms. The number of hydrogen-bond donors (Lipinski definition) is 1. The van der Waals surface area contributed by atoms with Gasteiger partial charge in [0.15, 0.2) is 5.82 Å². The lowest BCUT2D eigenvalue weighted by molar-refractivity contribution is 0.0245. The van der Waals surface area contributed by atoms with E-state index in [0.29, 0.717) is 23.9 Å². The maximum absolute atomic E-state index is 12.8. The highest BCUT2D eigenvalue weighted by Crippen LogP contribution is 2.23. The monoisotopic (exact) mass is 348 g/mol. The van der Waals surface area contributed by atoms with Gasteiger partial charge in [-0.25, -0.2) is 9.67 Å². The molecule has 0 saturated carbocycles. The van der Waals surface area contributed by atoms with Crippen LogP contribution in [0.25, 0.3) is 5.82 Å². The van der Waals surface area contributed by atoms with Crippen molar-refractivity contribution in [2.75, 3.05) is 13.1 Å². The van der Waals surface area contributed by atoms with Crippen LogP contribution in [0.1, 0.15) is 35.2 Å². The van der Waals surface area contributed by atoms with Gasteiger partial charge in [0.05, 0.1) is 16.8 Å². The third-order valence-corrected chi connectivity index (χ3v) is 4.77. The number of hydrogen-bond acceptors (Lipinski definition) is 4. The van der Waals surface area contributed by atoms with Crippen molar-refractivity contribution in [1.82, 2.24) is 19.7 Å². The van der Waals surface area contributed by atoms with Crippen molar-refractivity contribution in [1.29, 1.82) is 0 Å². The van der Waals surface area contributed by atoms with Crippen LogP contribution in [-0.4, -0.2) is 49.9 Å². The summed E-state index contributed by atoms with van der Waals surface area (Å²) in [5.74, 6) is 0.493. The van der Waals surface area contributed by atoms with E-state index < -0.39 is 6.10 Å². The number of piperidine rings is 1. The molecule has 1 aliphatic heterocycles. The lowest BCUT2D eigenvalue weighted by Crippen LogP contribution is -2.46. The van der Waals surface area contributed by atoms with Crippen LogP contribution in [0, 0.1) is 19.8 Å². The molecular formula is C17H21ClN4O2. The molecule has 1 amide bonds. The zero-order valence-electron chi connectivity index (χ0n) is 14.0. The van der Waals surface area contributed by atoms with Crippen LogP contribution < -0.4 is 0 Å². The molecule has 0 spiro atoms. The van der Waals surface area contributed by atoms with Gasteiger partial charge in [-0.3, -0.25) is 4.79 Å². The SMILES string of the molecule is Cc1cc(C)n(-c2ccc(Cl)c(C(=O)N3CCC(C)C(O)C3)n2)n1. The molecule has 0 bridgehead atoms. The van der Waals surface area contributed by atoms with Gasteiger partial charge in [0.25, 0.3) is 5.91 Å². The van der Waals surface area contributed by atoms with E-state index in [0.717, 1.165) is 17.8 Å². The average molecular weight is 349 g/mol. The molecule has 3 rings (SSSR count). The van der Waals surface area contributed by atoms with E-state index in [1.807, 2.05) is 26.8 Å². The summed E-state index contributed by atoms with van der Waals surface area (Å²) in [6.07, 6.45) is 0.252. The number of rotatable bonds is 2. The fourth-order valence-corrected chi connectivity index (χ4v) is 3.13. The van der Waals surface area contributed by atoms with Crippen molar-refractivity contribution in [3.05, 3.63) is 40.3 Å². The second kappa shape index (κ2) is 6.53. The molecule has 1 fully saturated rings. The number of aliphatic hydroxyl groups excluding tert-OH is 1. The van der Waals surface area contributed by atoms with Crippen LogP contribution in [0.15, 0.2) is 18.2 Å². The number of carbonyl (C=O) groups excluding carboxylic acids is 1. The molecule has 128 valence electrons. The van der Waals surface area contributed by atoms with Gasteiger partial charge >= 0.3 is 0 Å². The van der Waals surface area contributed by atoms with Gasteiger partial charge in [-0.05, 0) is 44.4 Å². The smallest absolute Gasteiger partial charge is 0.274 e. The Bertz CT molecular complexity index is 774. The third-order valence-electron chi connectivity index (χ3n) is 4.47. The molecule has 2 atom stereocenters. The molecule has 2 aromatic rings. The van der Waals surface area contributed by atoms with Gasteiger partial charge in [0.1, 0.15) is 5.69 Å². The lowest BCUT2D eigenvalue weighted by atomic mass is 9.96. The highest BCUT2D eigenvalue weighted by Gasteiger charge is 2.29. The Hall–Kier alpha value is -1.92. The van der Waals surface area contributed by atoms with Crippen molar-refractivity contribution in [2.45, 2.75) is 33.3 Å². The number of halogens is 1. The molecule has 3 heterocycles. The summed E-state index contributed by atoms with van der Waals surface area (Å²) >= 11 is 6.21. The maximum atomic E-state index is 12.8. The Balaban J connectivity index is 1.92. The first-order chi connectivity index (χ1) is 11.4. The second-order valence-corrected chi connectivity index (χ2v) is 6.83. The second-order valence-electron chi connectivity index (χ2n) is 6.42. The van der Waals surface area contributed by atoms with Gasteiger partial charge in [0, 0.05) is 18.8 Å². The van der Waals surface area contributed by atoms with Crippen molar-refractivity contribution < 1.29 is 9.90 Å². The number of aromatic nitrogens is 3. The number of likely N-dealkylation sites (tertiary alicyclic amines) is 1. The first-order valence-electron chi connectivity index (χ1n) is 8.04. The highest BCUT2D eigenvalue weighted by molar-refractivity contribution is 6.33. The minimum Gasteiger partial charge on any atom is -0.391 e. The molecule has 24 heavy (non-hydrogen) atoms. The number of pyridine rings is 1. The molecular weight excluding hydrogens is 328 g/mol. The van der Waals surface area contributed by atoms with E-state index in [9.17, 15) is 9.90 Å². The number of amides is 1. The minimum absolute atomic E-state index is 0.193. The fraction of sp³-hybridized carbons (Fsp3) is 0.471.